The van der Waals surface area contributed by atoms with Crippen molar-refractivity contribution in [2.24, 2.45) is 0 Å². The number of hydrogen-bond acceptors (Lipinski definition) is 8. The predicted molar refractivity (Wildman–Crippen MR) is 142 cm³/mol. The molecule has 0 unspecified atom stereocenters. The van der Waals surface area contributed by atoms with E-state index in [2.05, 4.69) is 44.3 Å². The Hall–Kier alpha value is -3.76. The Bertz CT molecular complexity index is 1170. The Morgan fingerprint density at radius 3 is 2.14 bits per heavy atom. The molecule has 2 fully saturated rings. The molecule has 0 atom stereocenters. The van der Waals surface area contributed by atoms with Gasteiger partial charge in [0.2, 0.25) is 0 Å². The first-order valence-electron chi connectivity index (χ1n) is 12.3. The number of benzene rings is 1. The fourth-order valence-corrected chi connectivity index (χ4v) is 4.46. The number of hydrogen-bond donors (Lipinski definition) is 2. The summed E-state index contributed by atoms with van der Waals surface area (Å²) in [7, 11) is 2.15. The van der Waals surface area contributed by atoms with Crippen molar-refractivity contribution >= 4 is 29.0 Å². The highest BCUT2D eigenvalue weighted by Crippen LogP contribution is 2.31. The van der Waals surface area contributed by atoms with E-state index in [0.29, 0.717) is 30.4 Å². The highest BCUT2D eigenvalue weighted by molar-refractivity contribution is 5.99. The number of carbonyl (C=O) groups is 1. The molecule has 2 aromatic heterocycles. The van der Waals surface area contributed by atoms with E-state index in [-0.39, 0.29) is 6.03 Å². The number of likely N-dealkylation sites (N-methyl/N-ethyl adjacent to an activating group) is 1. The zero-order chi connectivity index (χ0) is 24.9. The summed E-state index contributed by atoms with van der Waals surface area (Å²) in [5.41, 5.74) is 3.32. The molecule has 5 rings (SSSR count). The van der Waals surface area contributed by atoms with Crippen molar-refractivity contribution in [2.45, 2.75) is 6.92 Å². The predicted octanol–water partition coefficient (Wildman–Crippen LogP) is 3.08. The van der Waals surface area contributed by atoms with Gasteiger partial charge in [-0.3, -0.25) is 4.98 Å². The lowest BCUT2D eigenvalue weighted by molar-refractivity contribution is 0.122. The normalized spacial score (nSPS) is 16.6. The van der Waals surface area contributed by atoms with Gasteiger partial charge in [-0.1, -0.05) is 0 Å². The largest absolute Gasteiger partial charge is 0.378 e. The van der Waals surface area contributed by atoms with Crippen LogP contribution in [0.15, 0.2) is 48.8 Å². The van der Waals surface area contributed by atoms with E-state index in [1.54, 1.807) is 24.5 Å². The van der Waals surface area contributed by atoms with Crippen LogP contribution in [-0.2, 0) is 4.74 Å². The van der Waals surface area contributed by atoms with Crippen molar-refractivity contribution in [2.75, 3.05) is 80.0 Å². The van der Waals surface area contributed by atoms with Gasteiger partial charge in [-0.25, -0.2) is 14.8 Å². The van der Waals surface area contributed by atoms with E-state index < -0.39 is 0 Å². The Morgan fingerprint density at radius 2 is 1.50 bits per heavy atom. The standard InChI is InChI=1S/C26H32N8O2/c1-19-24(33-12-10-32(2)11-13-33)30-23(31-25(19)34-14-16-36-17-15-34)20-5-7-21(8-6-20)28-26(35)29-22-4-3-9-27-18-22/h3-9,18H,10-17H2,1-2H3,(H2,28,29,35). The average molecular weight is 489 g/mol. The second-order valence-electron chi connectivity index (χ2n) is 9.11. The number of anilines is 4. The summed E-state index contributed by atoms with van der Waals surface area (Å²) in [6, 6.07) is 10.9. The molecular weight excluding hydrogens is 456 g/mol. The maximum absolute atomic E-state index is 12.3. The molecule has 0 bridgehead atoms. The van der Waals surface area contributed by atoms with E-state index >= 15 is 0 Å². The summed E-state index contributed by atoms with van der Waals surface area (Å²) >= 11 is 0. The molecule has 0 aliphatic carbocycles. The van der Waals surface area contributed by atoms with Gasteiger partial charge in [0, 0.05) is 62.3 Å². The number of urea groups is 1. The number of carbonyl (C=O) groups excluding carboxylic acids is 1. The molecule has 36 heavy (non-hydrogen) atoms. The van der Waals surface area contributed by atoms with Crippen LogP contribution in [0.2, 0.25) is 0 Å². The van der Waals surface area contributed by atoms with Crippen LogP contribution in [0.3, 0.4) is 0 Å². The lowest BCUT2D eigenvalue weighted by Gasteiger charge is -2.36. The molecule has 4 heterocycles. The molecule has 0 spiro atoms. The van der Waals surface area contributed by atoms with Gasteiger partial charge in [-0.15, -0.1) is 0 Å². The zero-order valence-corrected chi connectivity index (χ0v) is 20.8. The number of nitrogens with one attached hydrogen (secondary N) is 2. The summed E-state index contributed by atoms with van der Waals surface area (Å²) in [5, 5.41) is 5.63. The second kappa shape index (κ2) is 10.9. The molecule has 10 heteroatoms. The third-order valence-corrected chi connectivity index (χ3v) is 6.53. The highest BCUT2D eigenvalue weighted by atomic mass is 16.5. The monoisotopic (exact) mass is 488 g/mol. The number of ether oxygens (including phenoxy) is 1. The highest BCUT2D eigenvalue weighted by Gasteiger charge is 2.24. The fourth-order valence-electron chi connectivity index (χ4n) is 4.46. The molecule has 2 N–H and O–H groups in total. The van der Waals surface area contributed by atoms with Gasteiger partial charge in [0.05, 0.1) is 25.1 Å². The number of pyridine rings is 1. The Kier molecular flexibility index (Phi) is 7.24. The smallest absolute Gasteiger partial charge is 0.323 e. The maximum atomic E-state index is 12.3. The van der Waals surface area contributed by atoms with E-state index in [9.17, 15) is 4.79 Å². The van der Waals surface area contributed by atoms with E-state index in [1.807, 2.05) is 24.3 Å². The minimum atomic E-state index is -0.325. The number of rotatable bonds is 5. The summed E-state index contributed by atoms with van der Waals surface area (Å²) in [5.74, 6) is 2.64. The van der Waals surface area contributed by atoms with Gasteiger partial charge >= 0.3 is 6.03 Å². The van der Waals surface area contributed by atoms with Crippen LogP contribution in [0.4, 0.5) is 27.8 Å². The number of nitrogens with zero attached hydrogens (tertiary/aromatic N) is 6. The quantitative estimate of drug-likeness (QED) is 0.566. The van der Waals surface area contributed by atoms with Gasteiger partial charge < -0.3 is 30.1 Å². The maximum Gasteiger partial charge on any atom is 0.323 e. The van der Waals surface area contributed by atoms with Crippen LogP contribution in [0.5, 0.6) is 0 Å². The van der Waals surface area contributed by atoms with Gasteiger partial charge in [-0.05, 0) is 50.4 Å². The first-order valence-corrected chi connectivity index (χ1v) is 12.3. The van der Waals surface area contributed by atoms with Crippen molar-refractivity contribution in [1.82, 2.24) is 19.9 Å². The summed E-state index contributed by atoms with van der Waals surface area (Å²) in [4.78, 5) is 33.4. The topological polar surface area (TPSA) is 98.7 Å². The summed E-state index contributed by atoms with van der Waals surface area (Å²) in [6.45, 7) is 9.03. The number of piperazine rings is 1. The SMILES string of the molecule is Cc1c(N2CCOCC2)nc(-c2ccc(NC(=O)Nc3cccnc3)cc2)nc1N1CCN(C)CC1. The molecular formula is C26H32N8O2. The molecule has 2 aliphatic heterocycles. The van der Waals surface area contributed by atoms with Crippen LogP contribution >= 0.6 is 0 Å². The van der Waals surface area contributed by atoms with Crippen molar-refractivity contribution in [3.63, 3.8) is 0 Å². The van der Waals surface area contributed by atoms with Crippen molar-refractivity contribution in [1.29, 1.82) is 0 Å². The number of aromatic nitrogens is 3. The zero-order valence-electron chi connectivity index (χ0n) is 20.8. The third kappa shape index (κ3) is 5.55. The Labute approximate surface area is 211 Å². The first kappa shape index (κ1) is 24.0. The van der Waals surface area contributed by atoms with Gasteiger partial charge in [0.15, 0.2) is 5.82 Å². The van der Waals surface area contributed by atoms with Crippen LogP contribution in [0.25, 0.3) is 11.4 Å². The molecule has 10 nitrogen and oxygen atoms in total. The minimum absolute atomic E-state index is 0.325. The Balaban J connectivity index is 1.39. The van der Waals surface area contributed by atoms with Crippen LogP contribution in [0.1, 0.15) is 5.56 Å². The molecule has 2 saturated heterocycles. The molecule has 188 valence electrons. The van der Waals surface area contributed by atoms with E-state index in [4.69, 9.17) is 14.7 Å². The lowest BCUT2D eigenvalue weighted by Crippen LogP contribution is -2.45. The molecule has 0 saturated carbocycles. The van der Waals surface area contributed by atoms with Crippen molar-refractivity contribution < 1.29 is 9.53 Å². The lowest BCUT2D eigenvalue weighted by atomic mass is 10.1. The fraction of sp³-hybridized carbons (Fsp3) is 0.385. The van der Waals surface area contributed by atoms with Crippen LogP contribution < -0.4 is 20.4 Å². The van der Waals surface area contributed by atoms with Gasteiger partial charge in [0.25, 0.3) is 0 Å². The van der Waals surface area contributed by atoms with Crippen molar-refractivity contribution in [3.05, 3.63) is 54.4 Å². The molecule has 2 amide bonds. The minimum Gasteiger partial charge on any atom is -0.378 e. The molecule has 2 aliphatic rings. The second-order valence-corrected chi connectivity index (χ2v) is 9.11. The third-order valence-electron chi connectivity index (χ3n) is 6.53. The molecule has 1 aromatic carbocycles. The molecule has 0 radical (unpaired) electrons. The summed E-state index contributed by atoms with van der Waals surface area (Å²) in [6.07, 6.45) is 3.26. The van der Waals surface area contributed by atoms with Crippen molar-refractivity contribution in [3.8, 4) is 11.4 Å². The molecule has 3 aromatic rings. The van der Waals surface area contributed by atoms with E-state index in [1.165, 1.54) is 0 Å². The van der Waals surface area contributed by atoms with Crippen LogP contribution in [0, 0.1) is 6.92 Å². The van der Waals surface area contributed by atoms with Gasteiger partial charge in [-0.2, -0.15) is 0 Å². The van der Waals surface area contributed by atoms with E-state index in [0.717, 1.165) is 62.0 Å². The summed E-state index contributed by atoms with van der Waals surface area (Å²) < 4.78 is 5.57. The number of amides is 2. The van der Waals surface area contributed by atoms with Gasteiger partial charge in [0.1, 0.15) is 11.6 Å². The first-order chi connectivity index (χ1) is 17.6. The number of morpholine rings is 1. The Morgan fingerprint density at radius 1 is 0.861 bits per heavy atom. The van der Waals surface area contributed by atoms with Crippen LogP contribution in [-0.4, -0.2) is 85.4 Å². The average Bonchev–Trinajstić information content (AvgIpc) is 2.91.